The Hall–Kier alpha value is -0.860. The number of aliphatic hydroxyl groups excluding tert-OH is 2. The average molecular weight is 166 g/mol. The van der Waals surface area contributed by atoms with E-state index in [-0.39, 0.29) is 13.2 Å². The number of rotatable bonds is 4. The van der Waals surface area contributed by atoms with E-state index in [1.807, 2.05) is 24.3 Å². The Morgan fingerprint density at radius 1 is 0.833 bits per heavy atom. The summed E-state index contributed by atoms with van der Waals surface area (Å²) in [7, 11) is 0. The number of benzene rings is 1. The highest BCUT2D eigenvalue weighted by molar-refractivity contribution is 5.27. The SMILES string of the molecule is OCCc1ccccc1CCO. The van der Waals surface area contributed by atoms with Gasteiger partial charge in [-0.2, -0.15) is 0 Å². The molecule has 0 saturated carbocycles. The lowest BCUT2D eigenvalue weighted by Gasteiger charge is -2.05. The predicted molar refractivity (Wildman–Crippen MR) is 48.0 cm³/mol. The van der Waals surface area contributed by atoms with Gasteiger partial charge < -0.3 is 10.2 Å². The van der Waals surface area contributed by atoms with Crippen LogP contribution in [0.2, 0.25) is 0 Å². The third kappa shape index (κ3) is 2.32. The fourth-order valence-electron chi connectivity index (χ4n) is 1.29. The molecule has 0 aliphatic rings. The van der Waals surface area contributed by atoms with E-state index in [1.54, 1.807) is 0 Å². The largest absolute Gasteiger partial charge is 0.396 e. The van der Waals surface area contributed by atoms with Crippen molar-refractivity contribution in [2.24, 2.45) is 0 Å². The second kappa shape index (κ2) is 4.91. The van der Waals surface area contributed by atoms with Crippen LogP contribution in [0.3, 0.4) is 0 Å². The van der Waals surface area contributed by atoms with E-state index >= 15 is 0 Å². The van der Waals surface area contributed by atoms with Gasteiger partial charge >= 0.3 is 0 Å². The maximum atomic E-state index is 8.75. The minimum atomic E-state index is 0.169. The molecule has 0 aromatic heterocycles. The summed E-state index contributed by atoms with van der Waals surface area (Å²) in [5.41, 5.74) is 2.27. The van der Waals surface area contributed by atoms with Crippen LogP contribution >= 0.6 is 0 Å². The van der Waals surface area contributed by atoms with Crippen LogP contribution in [-0.4, -0.2) is 23.4 Å². The van der Waals surface area contributed by atoms with Crippen LogP contribution in [0.1, 0.15) is 11.1 Å². The van der Waals surface area contributed by atoms with Gasteiger partial charge in [0, 0.05) is 13.2 Å². The standard InChI is InChI=1S/C10H14O2/c11-7-5-9-3-1-2-4-10(9)6-8-12/h1-4,11-12H,5-8H2. The molecule has 0 heterocycles. The summed E-state index contributed by atoms with van der Waals surface area (Å²) in [6, 6.07) is 7.88. The number of hydrogen-bond acceptors (Lipinski definition) is 2. The minimum absolute atomic E-state index is 0.169. The zero-order valence-electron chi connectivity index (χ0n) is 7.03. The first kappa shape index (κ1) is 9.23. The van der Waals surface area contributed by atoms with Gasteiger partial charge in [-0.25, -0.2) is 0 Å². The molecule has 0 unspecified atom stereocenters. The number of aliphatic hydroxyl groups is 2. The van der Waals surface area contributed by atoms with Crippen LogP contribution in [0, 0.1) is 0 Å². The van der Waals surface area contributed by atoms with E-state index in [2.05, 4.69) is 0 Å². The first-order chi connectivity index (χ1) is 5.88. The Kier molecular flexibility index (Phi) is 3.77. The molecule has 1 aromatic rings. The zero-order valence-corrected chi connectivity index (χ0v) is 7.03. The van der Waals surface area contributed by atoms with Gasteiger partial charge in [0.25, 0.3) is 0 Å². The lowest BCUT2D eigenvalue weighted by Crippen LogP contribution is -1.99. The monoisotopic (exact) mass is 166 g/mol. The third-order valence-corrected chi connectivity index (χ3v) is 1.88. The zero-order chi connectivity index (χ0) is 8.81. The van der Waals surface area contributed by atoms with Crippen LogP contribution in [0.5, 0.6) is 0 Å². The van der Waals surface area contributed by atoms with Gasteiger partial charge in [0.05, 0.1) is 0 Å². The number of hydrogen-bond donors (Lipinski definition) is 2. The van der Waals surface area contributed by atoms with Crippen LogP contribution in [0.15, 0.2) is 24.3 Å². The summed E-state index contributed by atoms with van der Waals surface area (Å²) in [6.45, 7) is 0.338. The average Bonchev–Trinajstić information content (AvgIpc) is 2.09. The van der Waals surface area contributed by atoms with Crippen molar-refractivity contribution in [2.75, 3.05) is 13.2 Å². The molecule has 0 atom stereocenters. The van der Waals surface area contributed by atoms with E-state index in [0.717, 1.165) is 11.1 Å². The second-order valence-corrected chi connectivity index (χ2v) is 2.72. The lowest BCUT2D eigenvalue weighted by molar-refractivity contribution is 0.293. The summed E-state index contributed by atoms with van der Waals surface area (Å²) in [4.78, 5) is 0. The van der Waals surface area contributed by atoms with Crippen LogP contribution in [0.25, 0.3) is 0 Å². The van der Waals surface area contributed by atoms with Gasteiger partial charge in [0.2, 0.25) is 0 Å². The summed E-state index contributed by atoms with van der Waals surface area (Å²) in [6.07, 6.45) is 1.35. The van der Waals surface area contributed by atoms with Crippen molar-refractivity contribution in [3.05, 3.63) is 35.4 Å². The summed E-state index contributed by atoms with van der Waals surface area (Å²) >= 11 is 0. The van der Waals surface area contributed by atoms with Crippen LogP contribution in [-0.2, 0) is 12.8 Å². The molecule has 0 amide bonds. The normalized spacial score (nSPS) is 10.2. The second-order valence-electron chi connectivity index (χ2n) is 2.72. The van der Waals surface area contributed by atoms with Crippen molar-refractivity contribution in [1.29, 1.82) is 0 Å². The Bertz CT molecular complexity index is 208. The third-order valence-electron chi connectivity index (χ3n) is 1.88. The molecular weight excluding hydrogens is 152 g/mol. The van der Waals surface area contributed by atoms with Gasteiger partial charge in [-0.15, -0.1) is 0 Å². The predicted octanol–water partition coefficient (Wildman–Crippen LogP) is 0.756. The molecule has 0 radical (unpaired) electrons. The van der Waals surface area contributed by atoms with Crippen molar-refractivity contribution in [3.8, 4) is 0 Å². The van der Waals surface area contributed by atoms with Gasteiger partial charge in [0.15, 0.2) is 0 Å². The molecule has 0 aliphatic heterocycles. The minimum Gasteiger partial charge on any atom is -0.396 e. The highest BCUT2D eigenvalue weighted by atomic mass is 16.3. The Labute approximate surface area is 72.5 Å². The molecule has 0 fully saturated rings. The van der Waals surface area contributed by atoms with E-state index in [4.69, 9.17) is 10.2 Å². The first-order valence-electron chi connectivity index (χ1n) is 4.17. The van der Waals surface area contributed by atoms with Crippen LogP contribution in [0.4, 0.5) is 0 Å². The van der Waals surface area contributed by atoms with Crippen molar-refractivity contribution in [1.82, 2.24) is 0 Å². The molecule has 0 spiro atoms. The smallest absolute Gasteiger partial charge is 0.0471 e. The van der Waals surface area contributed by atoms with E-state index < -0.39 is 0 Å². The molecule has 2 N–H and O–H groups in total. The summed E-state index contributed by atoms with van der Waals surface area (Å²) < 4.78 is 0. The van der Waals surface area contributed by atoms with E-state index in [9.17, 15) is 0 Å². The molecule has 0 bridgehead atoms. The Morgan fingerprint density at radius 2 is 1.25 bits per heavy atom. The molecule has 12 heavy (non-hydrogen) atoms. The molecule has 0 aliphatic carbocycles. The van der Waals surface area contributed by atoms with Crippen molar-refractivity contribution in [3.63, 3.8) is 0 Å². The topological polar surface area (TPSA) is 40.5 Å². The summed E-state index contributed by atoms with van der Waals surface area (Å²) in [5.74, 6) is 0. The molecule has 1 aromatic carbocycles. The molecule has 66 valence electrons. The molecule has 2 heteroatoms. The quantitative estimate of drug-likeness (QED) is 0.693. The highest BCUT2D eigenvalue weighted by Gasteiger charge is 1.98. The van der Waals surface area contributed by atoms with E-state index in [0.29, 0.717) is 12.8 Å². The summed E-state index contributed by atoms with van der Waals surface area (Å²) in [5, 5.41) is 17.5. The fraction of sp³-hybridized carbons (Fsp3) is 0.400. The van der Waals surface area contributed by atoms with Gasteiger partial charge in [-0.3, -0.25) is 0 Å². The Balaban J connectivity index is 2.77. The Morgan fingerprint density at radius 3 is 1.58 bits per heavy atom. The first-order valence-corrected chi connectivity index (χ1v) is 4.17. The van der Waals surface area contributed by atoms with Gasteiger partial charge in [0.1, 0.15) is 0 Å². The van der Waals surface area contributed by atoms with Crippen molar-refractivity contribution in [2.45, 2.75) is 12.8 Å². The lowest BCUT2D eigenvalue weighted by atomic mass is 10.0. The fourth-order valence-corrected chi connectivity index (χ4v) is 1.29. The van der Waals surface area contributed by atoms with Crippen molar-refractivity contribution >= 4 is 0 Å². The molecular formula is C10H14O2. The maximum Gasteiger partial charge on any atom is 0.0471 e. The van der Waals surface area contributed by atoms with Gasteiger partial charge in [-0.1, -0.05) is 24.3 Å². The molecule has 2 nitrogen and oxygen atoms in total. The maximum absolute atomic E-state index is 8.75. The van der Waals surface area contributed by atoms with E-state index in [1.165, 1.54) is 0 Å². The molecule has 0 saturated heterocycles. The van der Waals surface area contributed by atoms with Crippen molar-refractivity contribution < 1.29 is 10.2 Å². The van der Waals surface area contributed by atoms with Gasteiger partial charge in [-0.05, 0) is 24.0 Å². The molecule has 1 rings (SSSR count). The van der Waals surface area contributed by atoms with Crippen LogP contribution < -0.4 is 0 Å². The highest BCUT2D eigenvalue weighted by Crippen LogP contribution is 2.09.